The number of allylic oxidation sites excluding steroid dienone is 2. The quantitative estimate of drug-likeness (QED) is 0.571. The van der Waals surface area contributed by atoms with Crippen molar-refractivity contribution in [3.63, 3.8) is 0 Å². The van der Waals surface area contributed by atoms with Crippen molar-refractivity contribution in [1.29, 1.82) is 0 Å². The van der Waals surface area contributed by atoms with E-state index in [4.69, 9.17) is 0 Å². The highest BCUT2D eigenvalue weighted by molar-refractivity contribution is 6.02. The van der Waals surface area contributed by atoms with Crippen LogP contribution in [-0.4, -0.2) is 27.7 Å². The molecular formula is C27H38O3. The molecule has 3 nitrogen and oxygen atoms in total. The van der Waals surface area contributed by atoms with Gasteiger partial charge in [-0.2, -0.15) is 0 Å². The molecule has 5 aliphatic carbocycles. The lowest BCUT2D eigenvalue weighted by molar-refractivity contribution is -0.141. The number of carbonyl (C=O) groups excluding carboxylic acids is 1. The van der Waals surface area contributed by atoms with Crippen molar-refractivity contribution in [3.8, 4) is 11.8 Å². The smallest absolute Gasteiger partial charge is 0.174 e. The Labute approximate surface area is 181 Å². The molecule has 0 bridgehead atoms. The molecule has 5 rings (SSSR count). The Hall–Kier alpha value is -1.11. The van der Waals surface area contributed by atoms with E-state index in [1.54, 1.807) is 13.8 Å². The standard InChI is InChI=1S/C27H38O3/c1-25(2,30)12-8-17-9-14-27-15-11-21-20(22(27)6-7-23(27)24(17)29)5-4-18-16-19(28)10-13-26(18,21)3/h9,18-23,28,30H,4-7,10-11,13-16H2,1-3H3/t18-,19-,20+,21-,22-,23+,26-,27-/m0/s1. The Morgan fingerprint density at radius 2 is 1.87 bits per heavy atom. The van der Waals surface area contributed by atoms with Crippen LogP contribution in [0.5, 0.6) is 0 Å². The SMILES string of the molecule is CC(C)(O)C#CC1=CC[C@]23CC[C@H]4[C@@H](CC[C@H]5C[C@@H](O)CC[C@@]54C)[C@@H]2CC[C@@H]3C1=O. The lowest BCUT2D eigenvalue weighted by Gasteiger charge is -2.61. The molecule has 0 aromatic heterocycles. The van der Waals surface area contributed by atoms with Crippen LogP contribution in [0.15, 0.2) is 11.6 Å². The van der Waals surface area contributed by atoms with E-state index in [0.29, 0.717) is 22.8 Å². The summed E-state index contributed by atoms with van der Waals surface area (Å²) >= 11 is 0. The molecule has 0 aromatic rings. The predicted molar refractivity (Wildman–Crippen MR) is 117 cm³/mol. The molecule has 4 saturated carbocycles. The van der Waals surface area contributed by atoms with Crippen LogP contribution in [0.3, 0.4) is 0 Å². The van der Waals surface area contributed by atoms with E-state index in [1.807, 2.05) is 0 Å². The van der Waals surface area contributed by atoms with Gasteiger partial charge in [0, 0.05) is 5.92 Å². The Balaban J connectivity index is 1.42. The molecule has 0 amide bonds. The van der Waals surface area contributed by atoms with E-state index in [0.717, 1.165) is 37.5 Å². The maximum absolute atomic E-state index is 13.4. The first-order valence-corrected chi connectivity index (χ1v) is 12.3. The van der Waals surface area contributed by atoms with Crippen molar-refractivity contribution in [2.75, 3.05) is 0 Å². The Kier molecular flexibility index (Phi) is 4.81. The highest BCUT2D eigenvalue weighted by Crippen LogP contribution is 2.69. The van der Waals surface area contributed by atoms with E-state index in [-0.39, 0.29) is 23.2 Å². The summed E-state index contributed by atoms with van der Waals surface area (Å²) in [6.07, 6.45) is 13.4. The van der Waals surface area contributed by atoms with Gasteiger partial charge in [0.05, 0.1) is 11.7 Å². The fourth-order valence-electron chi connectivity index (χ4n) is 8.75. The van der Waals surface area contributed by atoms with E-state index < -0.39 is 5.60 Å². The molecule has 2 N–H and O–H groups in total. The van der Waals surface area contributed by atoms with Gasteiger partial charge in [-0.05, 0) is 113 Å². The molecule has 8 atom stereocenters. The molecule has 3 heteroatoms. The summed E-state index contributed by atoms with van der Waals surface area (Å²) in [6.45, 7) is 5.87. The van der Waals surface area contributed by atoms with Gasteiger partial charge >= 0.3 is 0 Å². The molecule has 30 heavy (non-hydrogen) atoms. The summed E-state index contributed by atoms with van der Waals surface area (Å²) in [4.78, 5) is 13.4. The van der Waals surface area contributed by atoms with Gasteiger partial charge in [0.2, 0.25) is 0 Å². The summed E-state index contributed by atoms with van der Waals surface area (Å²) in [5, 5.41) is 20.2. The summed E-state index contributed by atoms with van der Waals surface area (Å²) in [5.74, 6) is 9.14. The van der Waals surface area contributed by atoms with Crippen LogP contribution in [0.1, 0.15) is 85.0 Å². The van der Waals surface area contributed by atoms with Crippen LogP contribution < -0.4 is 0 Å². The Morgan fingerprint density at radius 3 is 2.63 bits per heavy atom. The van der Waals surface area contributed by atoms with E-state index in [1.165, 1.54) is 38.5 Å². The van der Waals surface area contributed by atoms with Crippen LogP contribution in [0.4, 0.5) is 0 Å². The maximum Gasteiger partial charge on any atom is 0.174 e. The number of aliphatic hydroxyl groups is 2. The molecule has 0 unspecified atom stereocenters. The topological polar surface area (TPSA) is 57.5 Å². The largest absolute Gasteiger partial charge is 0.393 e. The zero-order valence-electron chi connectivity index (χ0n) is 18.9. The first kappa shape index (κ1) is 20.8. The zero-order valence-corrected chi connectivity index (χ0v) is 18.9. The molecule has 164 valence electrons. The second kappa shape index (κ2) is 6.94. The minimum atomic E-state index is -1.06. The third-order valence-electron chi connectivity index (χ3n) is 10.1. The molecule has 0 aromatic carbocycles. The number of fused-ring (bicyclic) bond motifs is 4. The van der Waals surface area contributed by atoms with Gasteiger partial charge in [0.1, 0.15) is 5.60 Å². The lowest BCUT2D eigenvalue weighted by Crippen LogP contribution is -2.55. The predicted octanol–water partition coefficient (Wildman–Crippen LogP) is 4.66. The van der Waals surface area contributed by atoms with E-state index in [2.05, 4.69) is 24.8 Å². The van der Waals surface area contributed by atoms with Crippen molar-refractivity contribution in [3.05, 3.63) is 11.6 Å². The maximum atomic E-state index is 13.4. The van der Waals surface area contributed by atoms with Crippen LogP contribution in [0.25, 0.3) is 0 Å². The summed E-state index contributed by atoms with van der Waals surface area (Å²) < 4.78 is 0. The van der Waals surface area contributed by atoms with Crippen LogP contribution in [0.2, 0.25) is 0 Å². The number of rotatable bonds is 0. The van der Waals surface area contributed by atoms with E-state index >= 15 is 0 Å². The van der Waals surface area contributed by atoms with Gasteiger partial charge in [-0.3, -0.25) is 4.79 Å². The van der Waals surface area contributed by atoms with Crippen LogP contribution >= 0.6 is 0 Å². The molecule has 0 heterocycles. The lowest BCUT2D eigenvalue weighted by atomic mass is 9.43. The molecule has 0 saturated heterocycles. The third kappa shape index (κ3) is 3.05. The minimum Gasteiger partial charge on any atom is -0.393 e. The van der Waals surface area contributed by atoms with Crippen LogP contribution in [0, 0.1) is 52.3 Å². The summed E-state index contributed by atoms with van der Waals surface area (Å²) in [6, 6.07) is 0. The number of aliphatic hydroxyl groups excluding tert-OH is 1. The molecule has 0 aliphatic heterocycles. The minimum absolute atomic E-state index is 0.0880. The van der Waals surface area contributed by atoms with Crippen molar-refractivity contribution in [2.45, 2.75) is 96.7 Å². The highest BCUT2D eigenvalue weighted by atomic mass is 16.3. The highest BCUT2D eigenvalue weighted by Gasteiger charge is 2.63. The number of ketones is 1. The number of Topliss-reactive ketones (excluding diaryl/α,β-unsaturated/α-hetero) is 1. The van der Waals surface area contributed by atoms with Gasteiger partial charge < -0.3 is 10.2 Å². The number of carbonyl (C=O) groups is 1. The van der Waals surface area contributed by atoms with Gasteiger partial charge in [0.15, 0.2) is 5.78 Å². The molecule has 5 aliphatic rings. The third-order valence-corrected chi connectivity index (χ3v) is 10.1. The summed E-state index contributed by atoms with van der Waals surface area (Å²) in [5.41, 5.74) is 0.135. The first-order valence-electron chi connectivity index (χ1n) is 12.3. The van der Waals surface area contributed by atoms with Crippen molar-refractivity contribution >= 4 is 5.78 Å². The second-order valence-corrected chi connectivity index (χ2v) is 12.0. The van der Waals surface area contributed by atoms with Crippen molar-refractivity contribution < 1.29 is 15.0 Å². The number of hydrogen-bond donors (Lipinski definition) is 2. The molecule has 4 fully saturated rings. The first-order chi connectivity index (χ1) is 14.1. The molecule has 1 spiro atoms. The molecule has 0 radical (unpaired) electrons. The average Bonchev–Trinajstić information content (AvgIpc) is 3.08. The van der Waals surface area contributed by atoms with Gasteiger partial charge in [-0.1, -0.05) is 24.8 Å². The van der Waals surface area contributed by atoms with Crippen LogP contribution in [-0.2, 0) is 4.79 Å². The Morgan fingerprint density at radius 1 is 1.07 bits per heavy atom. The van der Waals surface area contributed by atoms with Gasteiger partial charge in [0.25, 0.3) is 0 Å². The van der Waals surface area contributed by atoms with Crippen molar-refractivity contribution in [1.82, 2.24) is 0 Å². The Bertz CT molecular complexity index is 823. The van der Waals surface area contributed by atoms with Crippen molar-refractivity contribution in [2.24, 2.45) is 40.4 Å². The number of hydrogen-bond acceptors (Lipinski definition) is 3. The normalized spacial score (nSPS) is 47.8. The fourth-order valence-corrected chi connectivity index (χ4v) is 8.75. The zero-order chi connectivity index (χ0) is 21.3. The van der Waals surface area contributed by atoms with Gasteiger partial charge in [-0.15, -0.1) is 0 Å². The second-order valence-electron chi connectivity index (χ2n) is 12.0. The van der Waals surface area contributed by atoms with Gasteiger partial charge in [-0.25, -0.2) is 0 Å². The summed E-state index contributed by atoms with van der Waals surface area (Å²) in [7, 11) is 0. The van der Waals surface area contributed by atoms with E-state index in [9.17, 15) is 15.0 Å². The monoisotopic (exact) mass is 410 g/mol. The average molecular weight is 411 g/mol. The fraction of sp³-hybridized carbons (Fsp3) is 0.815. The molecular weight excluding hydrogens is 372 g/mol.